The van der Waals surface area contributed by atoms with Crippen molar-refractivity contribution in [3.63, 3.8) is 0 Å². The predicted molar refractivity (Wildman–Crippen MR) is 114 cm³/mol. The summed E-state index contributed by atoms with van der Waals surface area (Å²) in [6.07, 6.45) is 8.20. The van der Waals surface area contributed by atoms with Crippen LogP contribution in [0.15, 0.2) is 11.6 Å². The van der Waals surface area contributed by atoms with E-state index in [2.05, 4.69) is 19.9 Å². The lowest BCUT2D eigenvalue weighted by Gasteiger charge is -2.57. The lowest BCUT2D eigenvalue weighted by Crippen LogP contribution is -2.52. The van der Waals surface area contributed by atoms with E-state index in [1.54, 1.807) is 0 Å². The SMILES string of the molecule is CC(=O)O[C@@H]1CC[C@@]2(C)C(=CC[C@H]3[C@@H]4C[C@@H](OC(C)=O)[C@H](OC(C)=O)[C@@]4(C)CC[C@@H]32)C1. The van der Waals surface area contributed by atoms with Gasteiger partial charge in [-0.3, -0.25) is 14.4 Å². The molecule has 172 valence electrons. The second-order valence-electron chi connectivity index (χ2n) is 10.7. The Labute approximate surface area is 185 Å². The van der Waals surface area contributed by atoms with Gasteiger partial charge >= 0.3 is 17.9 Å². The maximum absolute atomic E-state index is 11.9. The van der Waals surface area contributed by atoms with Crippen molar-refractivity contribution in [1.29, 1.82) is 0 Å². The first-order valence-corrected chi connectivity index (χ1v) is 11.8. The van der Waals surface area contributed by atoms with Crippen molar-refractivity contribution >= 4 is 17.9 Å². The third-order valence-electron chi connectivity index (χ3n) is 8.91. The van der Waals surface area contributed by atoms with Crippen LogP contribution in [0.1, 0.15) is 79.6 Å². The first-order valence-electron chi connectivity index (χ1n) is 11.8. The van der Waals surface area contributed by atoms with Gasteiger partial charge in [0.05, 0.1) is 0 Å². The molecule has 0 radical (unpaired) electrons. The fourth-order valence-electron chi connectivity index (χ4n) is 7.62. The van der Waals surface area contributed by atoms with Crippen LogP contribution in [0.4, 0.5) is 0 Å². The minimum absolute atomic E-state index is 0.00425. The molecule has 0 bridgehead atoms. The molecule has 0 N–H and O–H groups in total. The summed E-state index contributed by atoms with van der Waals surface area (Å²) in [5.41, 5.74) is 1.39. The highest BCUT2D eigenvalue weighted by atomic mass is 16.6. The molecule has 3 saturated carbocycles. The molecule has 0 aliphatic heterocycles. The Kier molecular flexibility index (Phi) is 5.72. The molecule has 6 heteroatoms. The summed E-state index contributed by atoms with van der Waals surface area (Å²) in [4.78, 5) is 35.1. The second kappa shape index (κ2) is 7.93. The molecule has 0 unspecified atom stereocenters. The number of esters is 3. The van der Waals surface area contributed by atoms with Crippen LogP contribution in [0.3, 0.4) is 0 Å². The lowest BCUT2D eigenvalue weighted by molar-refractivity contribution is -0.172. The quantitative estimate of drug-likeness (QED) is 0.375. The average Bonchev–Trinajstić information content (AvgIpc) is 2.92. The van der Waals surface area contributed by atoms with E-state index in [1.807, 2.05) is 0 Å². The van der Waals surface area contributed by atoms with Crippen LogP contribution in [-0.4, -0.2) is 36.2 Å². The molecule has 6 nitrogen and oxygen atoms in total. The number of ether oxygens (including phenoxy) is 3. The lowest BCUT2D eigenvalue weighted by atomic mass is 9.48. The van der Waals surface area contributed by atoms with Crippen LogP contribution >= 0.6 is 0 Å². The van der Waals surface area contributed by atoms with Gasteiger partial charge in [0.25, 0.3) is 0 Å². The van der Waals surface area contributed by atoms with Gasteiger partial charge in [0.2, 0.25) is 0 Å². The van der Waals surface area contributed by atoms with Crippen molar-refractivity contribution < 1.29 is 28.6 Å². The van der Waals surface area contributed by atoms with Gasteiger partial charge in [-0.1, -0.05) is 25.5 Å². The van der Waals surface area contributed by atoms with E-state index in [4.69, 9.17) is 14.2 Å². The van der Waals surface area contributed by atoms with Crippen molar-refractivity contribution in [2.45, 2.75) is 97.9 Å². The molecule has 0 aromatic heterocycles. The minimum Gasteiger partial charge on any atom is -0.462 e. The van der Waals surface area contributed by atoms with E-state index in [-0.39, 0.29) is 47.0 Å². The third kappa shape index (κ3) is 3.80. The molecule has 4 aliphatic carbocycles. The summed E-state index contributed by atoms with van der Waals surface area (Å²) < 4.78 is 17.0. The highest BCUT2D eigenvalue weighted by Gasteiger charge is 2.63. The zero-order valence-corrected chi connectivity index (χ0v) is 19.4. The molecule has 8 atom stereocenters. The zero-order chi connectivity index (χ0) is 22.6. The Morgan fingerprint density at radius 1 is 0.903 bits per heavy atom. The van der Waals surface area contributed by atoms with E-state index in [0.717, 1.165) is 44.9 Å². The Balaban J connectivity index is 1.60. The van der Waals surface area contributed by atoms with Crippen molar-refractivity contribution in [3.8, 4) is 0 Å². The van der Waals surface area contributed by atoms with E-state index in [0.29, 0.717) is 17.8 Å². The fourth-order valence-corrected chi connectivity index (χ4v) is 7.62. The van der Waals surface area contributed by atoms with Gasteiger partial charge in [-0.2, -0.15) is 0 Å². The van der Waals surface area contributed by atoms with E-state index < -0.39 is 0 Å². The van der Waals surface area contributed by atoms with Gasteiger partial charge in [-0.15, -0.1) is 0 Å². The zero-order valence-electron chi connectivity index (χ0n) is 19.4. The van der Waals surface area contributed by atoms with Crippen molar-refractivity contribution in [3.05, 3.63) is 11.6 Å². The van der Waals surface area contributed by atoms with E-state index in [9.17, 15) is 14.4 Å². The van der Waals surface area contributed by atoms with Crippen molar-refractivity contribution in [2.75, 3.05) is 0 Å². The fraction of sp³-hybridized carbons (Fsp3) is 0.800. The van der Waals surface area contributed by atoms with Crippen LogP contribution in [0.2, 0.25) is 0 Å². The van der Waals surface area contributed by atoms with Gasteiger partial charge in [0.15, 0.2) is 0 Å². The van der Waals surface area contributed by atoms with Gasteiger partial charge < -0.3 is 14.2 Å². The molecule has 0 spiro atoms. The van der Waals surface area contributed by atoms with Crippen LogP contribution < -0.4 is 0 Å². The number of hydrogen-bond acceptors (Lipinski definition) is 6. The molecule has 0 amide bonds. The topological polar surface area (TPSA) is 78.9 Å². The van der Waals surface area contributed by atoms with Crippen LogP contribution in [0.5, 0.6) is 0 Å². The molecule has 3 fully saturated rings. The Bertz CT molecular complexity index is 802. The number of carbonyl (C=O) groups excluding carboxylic acids is 3. The minimum atomic E-state index is -0.377. The summed E-state index contributed by atoms with van der Waals surface area (Å²) >= 11 is 0. The third-order valence-corrected chi connectivity index (χ3v) is 8.91. The number of carbonyl (C=O) groups is 3. The molecule has 0 aromatic rings. The molecule has 31 heavy (non-hydrogen) atoms. The summed E-state index contributed by atoms with van der Waals surface area (Å²) in [5, 5.41) is 0. The maximum Gasteiger partial charge on any atom is 0.303 e. The molecule has 0 saturated heterocycles. The first-order chi connectivity index (χ1) is 14.5. The Morgan fingerprint density at radius 2 is 1.58 bits per heavy atom. The molecule has 0 aromatic carbocycles. The number of allylic oxidation sites excluding steroid dienone is 1. The average molecular weight is 433 g/mol. The van der Waals surface area contributed by atoms with Crippen LogP contribution in [0, 0.1) is 28.6 Å². The summed E-state index contributed by atoms with van der Waals surface area (Å²) in [5.74, 6) is 0.556. The largest absolute Gasteiger partial charge is 0.462 e. The summed E-state index contributed by atoms with van der Waals surface area (Å²) in [6.45, 7) is 8.97. The first kappa shape index (κ1) is 22.3. The summed E-state index contributed by atoms with van der Waals surface area (Å²) in [7, 11) is 0. The maximum atomic E-state index is 11.9. The number of rotatable bonds is 3. The van der Waals surface area contributed by atoms with E-state index in [1.165, 1.54) is 26.3 Å². The highest BCUT2D eigenvalue weighted by molar-refractivity contribution is 5.67. The van der Waals surface area contributed by atoms with E-state index >= 15 is 0 Å². The van der Waals surface area contributed by atoms with Gasteiger partial charge in [-0.25, -0.2) is 0 Å². The number of fused-ring (bicyclic) bond motifs is 5. The normalized spacial score (nSPS) is 43.6. The highest BCUT2D eigenvalue weighted by Crippen LogP contribution is 2.65. The van der Waals surface area contributed by atoms with Crippen molar-refractivity contribution in [2.24, 2.45) is 28.6 Å². The van der Waals surface area contributed by atoms with Crippen LogP contribution in [-0.2, 0) is 28.6 Å². The summed E-state index contributed by atoms with van der Waals surface area (Å²) in [6, 6.07) is 0. The van der Waals surface area contributed by atoms with Crippen LogP contribution in [0.25, 0.3) is 0 Å². The van der Waals surface area contributed by atoms with Crippen molar-refractivity contribution in [1.82, 2.24) is 0 Å². The molecule has 4 rings (SSSR count). The van der Waals surface area contributed by atoms with Gasteiger partial charge in [0.1, 0.15) is 18.3 Å². The molecule has 4 aliphatic rings. The molecular formula is C25H36O6. The Morgan fingerprint density at radius 3 is 2.23 bits per heavy atom. The Hall–Kier alpha value is -1.85. The number of hydrogen-bond donors (Lipinski definition) is 0. The van der Waals surface area contributed by atoms with Gasteiger partial charge in [-0.05, 0) is 61.7 Å². The predicted octanol–water partition coefficient (Wildman–Crippen LogP) is 4.35. The van der Waals surface area contributed by atoms with Gasteiger partial charge in [0, 0.05) is 32.6 Å². The molecule has 0 heterocycles. The second-order valence-corrected chi connectivity index (χ2v) is 10.7. The smallest absolute Gasteiger partial charge is 0.303 e. The molecular weight excluding hydrogens is 396 g/mol. The standard InChI is InChI=1S/C25H36O6/c1-14(26)29-18-8-10-24(4)17(12-18)6-7-19-20(24)9-11-25(5)21(19)13-22(30-15(2)27)23(25)31-16(3)28/h6,18-23H,7-13H2,1-5H3/t18-,19-,20+,21+,22-,23+,24+,25+/m1/s1. The monoisotopic (exact) mass is 432 g/mol.